The topological polar surface area (TPSA) is 48.9 Å². The van der Waals surface area contributed by atoms with Crippen molar-refractivity contribution in [1.29, 1.82) is 0 Å². The van der Waals surface area contributed by atoms with Crippen molar-refractivity contribution < 1.29 is 18.3 Å². The third kappa shape index (κ3) is 1.88. The van der Waals surface area contributed by atoms with Crippen LogP contribution in [-0.4, -0.2) is 15.3 Å². The SMILES string of the molecule is OC1(c2cc(C(F)(F)F)n[nH]2)C=CC=CC1. The van der Waals surface area contributed by atoms with Crippen LogP contribution in [0.3, 0.4) is 0 Å². The van der Waals surface area contributed by atoms with Crippen LogP contribution in [0, 0.1) is 0 Å². The van der Waals surface area contributed by atoms with Gasteiger partial charge < -0.3 is 5.11 Å². The van der Waals surface area contributed by atoms with Crippen molar-refractivity contribution in [3.63, 3.8) is 0 Å². The van der Waals surface area contributed by atoms with Crippen LogP contribution in [0.2, 0.25) is 0 Å². The van der Waals surface area contributed by atoms with Gasteiger partial charge in [0, 0.05) is 6.42 Å². The minimum Gasteiger partial charge on any atom is -0.379 e. The molecule has 0 fully saturated rings. The molecule has 3 nitrogen and oxygen atoms in total. The van der Waals surface area contributed by atoms with Gasteiger partial charge >= 0.3 is 6.18 Å². The molecule has 2 rings (SSSR count). The monoisotopic (exact) mass is 230 g/mol. The van der Waals surface area contributed by atoms with Gasteiger partial charge in [-0.3, -0.25) is 5.10 Å². The van der Waals surface area contributed by atoms with Crippen LogP contribution in [0.25, 0.3) is 0 Å². The fraction of sp³-hybridized carbons (Fsp3) is 0.300. The zero-order chi connectivity index (χ0) is 11.8. The summed E-state index contributed by atoms with van der Waals surface area (Å²) in [4.78, 5) is 0. The Labute approximate surface area is 89.3 Å². The van der Waals surface area contributed by atoms with Crippen LogP contribution in [0.4, 0.5) is 13.2 Å². The number of nitrogens with one attached hydrogen (secondary N) is 1. The molecule has 1 atom stereocenters. The summed E-state index contributed by atoms with van der Waals surface area (Å²) >= 11 is 0. The predicted octanol–water partition coefficient (Wildman–Crippen LogP) is 2.13. The second-order valence-corrected chi connectivity index (χ2v) is 3.58. The van der Waals surface area contributed by atoms with Crippen molar-refractivity contribution in [2.45, 2.75) is 18.2 Å². The van der Waals surface area contributed by atoms with E-state index in [4.69, 9.17) is 0 Å². The molecule has 1 unspecified atom stereocenters. The maximum absolute atomic E-state index is 12.3. The molecule has 0 spiro atoms. The minimum atomic E-state index is -4.50. The van der Waals surface area contributed by atoms with E-state index in [1.165, 1.54) is 6.08 Å². The Bertz CT molecular complexity index is 447. The van der Waals surface area contributed by atoms with E-state index < -0.39 is 17.5 Å². The summed E-state index contributed by atoms with van der Waals surface area (Å²) in [5, 5.41) is 15.4. The summed E-state index contributed by atoms with van der Waals surface area (Å²) in [6.07, 6.45) is 2.13. The van der Waals surface area contributed by atoms with E-state index in [1.54, 1.807) is 18.2 Å². The van der Waals surface area contributed by atoms with E-state index >= 15 is 0 Å². The first kappa shape index (κ1) is 10.9. The number of aromatic amines is 1. The van der Waals surface area contributed by atoms with Gasteiger partial charge in [0.2, 0.25) is 0 Å². The lowest BCUT2D eigenvalue weighted by molar-refractivity contribution is -0.141. The highest BCUT2D eigenvalue weighted by Gasteiger charge is 2.37. The average Bonchev–Trinajstić information content (AvgIpc) is 2.67. The Morgan fingerprint density at radius 1 is 1.38 bits per heavy atom. The Kier molecular flexibility index (Phi) is 2.38. The first-order valence-electron chi connectivity index (χ1n) is 4.62. The van der Waals surface area contributed by atoms with E-state index in [1.807, 2.05) is 0 Å². The summed E-state index contributed by atoms with van der Waals surface area (Å²) in [5.74, 6) is 0. The van der Waals surface area contributed by atoms with Crippen LogP contribution in [0.1, 0.15) is 17.8 Å². The molecule has 0 radical (unpaired) electrons. The number of nitrogens with zero attached hydrogens (tertiary/aromatic N) is 1. The van der Waals surface area contributed by atoms with Crippen LogP contribution in [-0.2, 0) is 11.8 Å². The van der Waals surface area contributed by atoms with Gasteiger partial charge in [-0.2, -0.15) is 18.3 Å². The van der Waals surface area contributed by atoms with Gasteiger partial charge in [0.1, 0.15) is 5.60 Å². The zero-order valence-corrected chi connectivity index (χ0v) is 8.12. The van der Waals surface area contributed by atoms with E-state index in [0.29, 0.717) is 0 Å². The first-order valence-corrected chi connectivity index (χ1v) is 4.62. The maximum atomic E-state index is 12.3. The molecule has 1 aliphatic rings. The maximum Gasteiger partial charge on any atom is 0.435 e. The third-order valence-electron chi connectivity index (χ3n) is 2.38. The van der Waals surface area contributed by atoms with E-state index in [0.717, 1.165) is 6.07 Å². The quantitative estimate of drug-likeness (QED) is 0.776. The number of allylic oxidation sites excluding steroid dienone is 2. The van der Waals surface area contributed by atoms with Crippen LogP contribution in [0.15, 0.2) is 30.4 Å². The summed E-state index contributed by atoms with van der Waals surface area (Å²) in [7, 11) is 0. The molecule has 6 heteroatoms. The number of aromatic nitrogens is 2. The lowest BCUT2D eigenvalue weighted by Crippen LogP contribution is -2.23. The molecule has 1 aromatic heterocycles. The van der Waals surface area contributed by atoms with Crippen molar-refractivity contribution in [2.24, 2.45) is 0 Å². The molecular weight excluding hydrogens is 221 g/mol. The molecule has 0 amide bonds. The molecule has 1 aliphatic carbocycles. The van der Waals surface area contributed by atoms with Gasteiger partial charge in [0.05, 0.1) is 5.69 Å². The molecule has 16 heavy (non-hydrogen) atoms. The number of rotatable bonds is 1. The van der Waals surface area contributed by atoms with Crippen molar-refractivity contribution >= 4 is 0 Å². The van der Waals surface area contributed by atoms with Crippen molar-refractivity contribution in [1.82, 2.24) is 10.2 Å². The Morgan fingerprint density at radius 2 is 2.12 bits per heavy atom. The molecular formula is C10H9F3N2O. The molecule has 1 heterocycles. The number of hydrogen-bond acceptors (Lipinski definition) is 2. The summed E-state index contributed by atoms with van der Waals surface area (Å²) < 4.78 is 36.9. The molecule has 1 aromatic rings. The third-order valence-corrected chi connectivity index (χ3v) is 2.38. The fourth-order valence-corrected chi connectivity index (χ4v) is 1.50. The van der Waals surface area contributed by atoms with Crippen molar-refractivity contribution in [3.05, 3.63) is 41.8 Å². The van der Waals surface area contributed by atoms with Crippen LogP contribution in [0.5, 0.6) is 0 Å². The number of alkyl halides is 3. The van der Waals surface area contributed by atoms with E-state index in [2.05, 4.69) is 10.2 Å². The van der Waals surface area contributed by atoms with Gasteiger partial charge in [-0.15, -0.1) is 0 Å². The second kappa shape index (κ2) is 3.48. The van der Waals surface area contributed by atoms with E-state index in [9.17, 15) is 18.3 Å². The Morgan fingerprint density at radius 3 is 2.62 bits per heavy atom. The lowest BCUT2D eigenvalue weighted by atomic mass is 9.92. The fourth-order valence-electron chi connectivity index (χ4n) is 1.50. The highest BCUT2D eigenvalue weighted by atomic mass is 19.4. The molecule has 0 aromatic carbocycles. The van der Waals surface area contributed by atoms with Gasteiger partial charge in [0.15, 0.2) is 5.69 Å². The smallest absolute Gasteiger partial charge is 0.379 e. The summed E-state index contributed by atoms with van der Waals surface area (Å²) in [5.41, 5.74) is -2.41. The van der Waals surface area contributed by atoms with Gasteiger partial charge in [-0.25, -0.2) is 0 Å². The van der Waals surface area contributed by atoms with Crippen molar-refractivity contribution in [2.75, 3.05) is 0 Å². The zero-order valence-electron chi connectivity index (χ0n) is 8.12. The van der Waals surface area contributed by atoms with Crippen LogP contribution < -0.4 is 0 Å². The van der Waals surface area contributed by atoms with Crippen LogP contribution >= 0.6 is 0 Å². The number of hydrogen-bond donors (Lipinski definition) is 2. The first-order chi connectivity index (χ1) is 7.42. The average molecular weight is 230 g/mol. The molecule has 0 saturated carbocycles. The van der Waals surface area contributed by atoms with E-state index in [-0.39, 0.29) is 12.1 Å². The van der Waals surface area contributed by atoms with Gasteiger partial charge in [-0.05, 0) is 12.1 Å². The largest absolute Gasteiger partial charge is 0.435 e. The normalized spacial score (nSPS) is 25.0. The molecule has 0 bridgehead atoms. The summed E-state index contributed by atoms with van der Waals surface area (Å²) in [6.45, 7) is 0. The standard InChI is InChI=1S/C10H9F3N2O/c11-10(12,13)8-6-7(14-15-8)9(16)4-2-1-3-5-9/h1-4,6,16H,5H2,(H,14,15). The number of aliphatic hydroxyl groups is 1. The summed E-state index contributed by atoms with van der Waals surface area (Å²) in [6, 6.07) is 0.823. The number of halogens is 3. The predicted molar refractivity (Wildman–Crippen MR) is 50.4 cm³/mol. The number of H-pyrrole nitrogens is 1. The Hall–Kier alpha value is -1.56. The molecule has 0 saturated heterocycles. The highest BCUT2D eigenvalue weighted by molar-refractivity contribution is 5.28. The second-order valence-electron chi connectivity index (χ2n) is 3.58. The minimum absolute atomic E-state index is 0.0421. The van der Waals surface area contributed by atoms with Gasteiger partial charge in [0.25, 0.3) is 0 Å². The van der Waals surface area contributed by atoms with Crippen molar-refractivity contribution in [3.8, 4) is 0 Å². The molecule has 0 aliphatic heterocycles. The Balaban J connectivity index is 2.32. The molecule has 2 N–H and O–H groups in total. The van der Waals surface area contributed by atoms with Gasteiger partial charge in [-0.1, -0.05) is 18.2 Å². The highest BCUT2D eigenvalue weighted by Crippen LogP contribution is 2.33. The molecule has 86 valence electrons. The lowest BCUT2D eigenvalue weighted by Gasteiger charge is -2.22.